The highest BCUT2D eigenvalue weighted by atomic mass is 35.5. The molecule has 0 spiro atoms. The number of hydrogen-bond acceptors (Lipinski definition) is 6. The molecule has 178 valence electrons. The van der Waals surface area contributed by atoms with Gasteiger partial charge in [-0.2, -0.15) is 5.10 Å². The van der Waals surface area contributed by atoms with E-state index in [1.165, 1.54) is 0 Å². The van der Waals surface area contributed by atoms with Crippen LogP contribution < -0.4 is 14.6 Å². The number of para-hydroxylation sites is 2. The van der Waals surface area contributed by atoms with Crippen LogP contribution in [0.15, 0.2) is 71.8 Å². The van der Waals surface area contributed by atoms with Gasteiger partial charge in [0, 0.05) is 31.5 Å². The summed E-state index contributed by atoms with van der Waals surface area (Å²) in [6.07, 6.45) is 1.12. The van der Waals surface area contributed by atoms with E-state index in [1.54, 1.807) is 0 Å². The molecule has 2 heterocycles. The molecule has 0 amide bonds. The van der Waals surface area contributed by atoms with Crippen molar-refractivity contribution in [3.05, 3.63) is 77.9 Å². The van der Waals surface area contributed by atoms with Gasteiger partial charge < -0.3 is 14.7 Å². The van der Waals surface area contributed by atoms with Gasteiger partial charge in [0.05, 0.1) is 34.9 Å². The second kappa shape index (κ2) is 10.8. The minimum atomic E-state index is -0.0653. The van der Waals surface area contributed by atoms with Crippen molar-refractivity contribution in [1.29, 1.82) is 0 Å². The van der Waals surface area contributed by atoms with E-state index in [-0.39, 0.29) is 36.3 Å². The predicted molar refractivity (Wildman–Crippen MR) is 141 cm³/mol. The molecule has 34 heavy (non-hydrogen) atoms. The van der Waals surface area contributed by atoms with Crippen molar-refractivity contribution in [2.45, 2.75) is 19.8 Å². The van der Waals surface area contributed by atoms with Crippen LogP contribution in [0.25, 0.3) is 0 Å². The molecule has 0 radical (unpaired) electrons. The van der Waals surface area contributed by atoms with Crippen molar-refractivity contribution in [1.82, 2.24) is 0 Å². The fourth-order valence-corrected chi connectivity index (χ4v) is 4.42. The van der Waals surface area contributed by atoms with Gasteiger partial charge in [0.1, 0.15) is 0 Å². The van der Waals surface area contributed by atoms with Gasteiger partial charge in [-0.15, -0.1) is 24.8 Å². The Balaban J connectivity index is 0.00000162. The second-order valence-corrected chi connectivity index (χ2v) is 7.87. The van der Waals surface area contributed by atoms with E-state index in [2.05, 4.69) is 4.90 Å². The van der Waals surface area contributed by atoms with E-state index in [0.29, 0.717) is 30.9 Å². The number of aromatic hydroxyl groups is 1. The SMILES string of the molecule is CCOc1cc2c3c(c1O)C(=O)CCN3CCC2=NN(c1ccccc1)c1ccccc1.Cl.Cl. The lowest BCUT2D eigenvalue weighted by molar-refractivity contribution is 0.0976. The van der Waals surface area contributed by atoms with Gasteiger partial charge in [-0.05, 0) is 37.3 Å². The van der Waals surface area contributed by atoms with E-state index in [0.717, 1.165) is 41.3 Å². The number of hydrogen-bond donors (Lipinski definition) is 1. The summed E-state index contributed by atoms with van der Waals surface area (Å²) in [6, 6.07) is 21.8. The minimum Gasteiger partial charge on any atom is -0.504 e. The first-order chi connectivity index (χ1) is 15.7. The molecular formula is C26H27Cl2N3O3. The van der Waals surface area contributed by atoms with Crippen molar-refractivity contribution < 1.29 is 14.6 Å². The van der Waals surface area contributed by atoms with Crippen LogP contribution in [-0.4, -0.2) is 36.3 Å². The van der Waals surface area contributed by atoms with Crippen LogP contribution in [0.3, 0.4) is 0 Å². The molecule has 0 atom stereocenters. The Bertz CT molecular complexity index is 1150. The van der Waals surface area contributed by atoms with Crippen molar-refractivity contribution in [3.63, 3.8) is 0 Å². The lowest BCUT2D eigenvalue weighted by Gasteiger charge is -2.37. The molecule has 1 N–H and O–H groups in total. The van der Waals surface area contributed by atoms with Crippen LogP contribution in [0.1, 0.15) is 35.7 Å². The Morgan fingerprint density at radius 2 is 1.56 bits per heavy atom. The van der Waals surface area contributed by atoms with Crippen LogP contribution >= 0.6 is 24.8 Å². The van der Waals surface area contributed by atoms with Crippen molar-refractivity contribution in [2.75, 3.05) is 29.6 Å². The summed E-state index contributed by atoms with van der Waals surface area (Å²) in [4.78, 5) is 15.0. The average molecular weight is 500 g/mol. The molecule has 0 aliphatic carbocycles. The maximum Gasteiger partial charge on any atom is 0.170 e. The zero-order chi connectivity index (χ0) is 22.1. The maximum atomic E-state index is 12.8. The Labute approximate surface area is 211 Å². The van der Waals surface area contributed by atoms with Gasteiger partial charge in [-0.1, -0.05) is 36.4 Å². The zero-order valence-electron chi connectivity index (χ0n) is 18.8. The third kappa shape index (κ3) is 4.56. The topological polar surface area (TPSA) is 65.4 Å². The number of carbonyl (C=O) groups is 1. The number of ether oxygens (including phenoxy) is 1. The first kappa shape index (κ1) is 25.4. The first-order valence-corrected chi connectivity index (χ1v) is 11.0. The summed E-state index contributed by atoms with van der Waals surface area (Å²) in [5.74, 6) is 0.210. The molecule has 0 unspecified atom stereocenters. The highest BCUT2D eigenvalue weighted by Crippen LogP contribution is 2.45. The summed E-state index contributed by atoms with van der Waals surface area (Å²) in [7, 11) is 0. The predicted octanol–water partition coefficient (Wildman–Crippen LogP) is 5.97. The number of rotatable bonds is 5. The molecule has 6 nitrogen and oxygen atoms in total. The van der Waals surface area contributed by atoms with Gasteiger partial charge in [0.2, 0.25) is 0 Å². The fourth-order valence-electron chi connectivity index (χ4n) is 4.42. The summed E-state index contributed by atoms with van der Waals surface area (Å²) < 4.78 is 5.69. The molecule has 0 saturated heterocycles. The first-order valence-electron chi connectivity index (χ1n) is 11.0. The molecule has 0 aromatic heterocycles. The summed E-state index contributed by atoms with van der Waals surface area (Å²) in [6.45, 7) is 3.66. The molecule has 2 aliphatic rings. The van der Waals surface area contributed by atoms with Gasteiger partial charge in [0.15, 0.2) is 17.3 Å². The summed E-state index contributed by atoms with van der Waals surface area (Å²) in [5, 5.41) is 17.8. The number of carbonyl (C=O) groups excluding carboxylic acids is 1. The van der Waals surface area contributed by atoms with Crippen LogP contribution in [0.5, 0.6) is 11.5 Å². The van der Waals surface area contributed by atoms with E-state index in [4.69, 9.17) is 9.84 Å². The van der Waals surface area contributed by atoms with Crippen molar-refractivity contribution in [2.24, 2.45) is 5.10 Å². The second-order valence-electron chi connectivity index (χ2n) is 7.87. The monoisotopic (exact) mass is 499 g/mol. The largest absolute Gasteiger partial charge is 0.504 e. The van der Waals surface area contributed by atoms with E-state index >= 15 is 0 Å². The normalized spacial score (nSPS) is 15.1. The highest BCUT2D eigenvalue weighted by Gasteiger charge is 2.35. The van der Waals surface area contributed by atoms with E-state index in [1.807, 2.05) is 78.7 Å². The van der Waals surface area contributed by atoms with E-state index < -0.39 is 0 Å². The zero-order valence-corrected chi connectivity index (χ0v) is 20.4. The van der Waals surface area contributed by atoms with Crippen LogP contribution in [-0.2, 0) is 0 Å². The molecular weight excluding hydrogens is 473 g/mol. The number of phenolic OH excluding ortho intramolecular Hbond substituents is 1. The van der Waals surface area contributed by atoms with Gasteiger partial charge in [0.25, 0.3) is 0 Å². The Morgan fingerprint density at radius 1 is 0.971 bits per heavy atom. The van der Waals surface area contributed by atoms with Gasteiger partial charge >= 0.3 is 0 Å². The number of anilines is 3. The maximum absolute atomic E-state index is 12.8. The number of benzene rings is 3. The number of hydrazone groups is 1. The lowest BCUT2D eigenvalue weighted by atomic mass is 9.89. The van der Waals surface area contributed by atoms with Gasteiger partial charge in [-0.25, -0.2) is 5.01 Å². The van der Waals surface area contributed by atoms with Crippen LogP contribution in [0.4, 0.5) is 17.1 Å². The van der Waals surface area contributed by atoms with Crippen molar-refractivity contribution in [3.8, 4) is 11.5 Å². The summed E-state index contributed by atoms with van der Waals surface area (Å²) in [5.41, 5.74) is 4.73. The molecule has 3 aromatic rings. The number of halogens is 2. The fraction of sp³-hybridized carbons (Fsp3) is 0.231. The Morgan fingerprint density at radius 3 is 2.15 bits per heavy atom. The third-order valence-corrected chi connectivity index (χ3v) is 5.89. The van der Waals surface area contributed by atoms with Gasteiger partial charge in [-0.3, -0.25) is 4.79 Å². The number of Topliss-reactive ketones (excluding diaryl/α,β-unsaturated/α-hetero) is 1. The number of ketones is 1. The quantitative estimate of drug-likeness (QED) is 0.437. The van der Waals surface area contributed by atoms with Crippen LogP contribution in [0.2, 0.25) is 0 Å². The Kier molecular flexibility index (Phi) is 8.07. The highest BCUT2D eigenvalue weighted by molar-refractivity contribution is 6.16. The smallest absolute Gasteiger partial charge is 0.170 e. The minimum absolute atomic E-state index is 0. The molecule has 3 aromatic carbocycles. The molecule has 0 bridgehead atoms. The van der Waals surface area contributed by atoms with Crippen LogP contribution in [0, 0.1) is 0 Å². The molecule has 5 rings (SSSR count). The molecule has 2 aliphatic heterocycles. The standard InChI is InChI=1S/C26H25N3O3.2ClH/c1-2-32-23-17-20-21(13-15-28-16-14-22(30)24(25(20)28)26(23)31)27-29(18-9-5-3-6-10-18)19-11-7-4-8-12-19;;/h3-12,17,31H,2,13-16H2,1H3;2*1H. The van der Waals surface area contributed by atoms with Crippen molar-refractivity contribution >= 4 is 53.4 Å². The average Bonchev–Trinajstić information content (AvgIpc) is 2.83. The third-order valence-electron chi connectivity index (χ3n) is 5.89. The Hall–Kier alpha value is -3.22. The van der Waals surface area contributed by atoms with E-state index in [9.17, 15) is 9.90 Å². The molecule has 0 fully saturated rings. The molecule has 0 saturated carbocycles. The summed E-state index contributed by atoms with van der Waals surface area (Å²) >= 11 is 0. The number of phenols is 1. The molecule has 8 heteroatoms. The number of nitrogens with zero attached hydrogens (tertiary/aromatic N) is 3. The lowest BCUT2D eigenvalue weighted by Crippen LogP contribution is -2.39.